The van der Waals surface area contributed by atoms with E-state index in [1.165, 1.54) is 11.1 Å². The third-order valence-electron chi connectivity index (χ3n) is 8.19. The number of carbonyl (C=O) groups is 2. The molecule has 1 fully saturated rings. The van der Waals surface area contributed by atoms with Crippen LogP contribution in [0, 0.1) is 0 Å². The van der Waals surface area contributed by atoms with Gasteiger partial charge >= 0.3 is 0 Å². The van der Waals surface area contributed by atoms with E-state index < -0.39 is 5.41 Å². The summed E-state index contributed by atoms with van der Waals surface area (Å²) in [5, 5.41) is 3.23. The monoisotopic (exact) mass is 509 g/mol. The molecule has 198 valence electrons. The van der Waals surface area contributed by atoms with Gasteiger partial charge in [0.05, 0.1) is 6.42 Å². The van der Waals surface area contributed by atoms with Crippen molar-refractivity contribution in [1.82, 2.24) is 15.1 Å². The van der Waals surface area contributed by atoms with Gasteiger partial charge in [0.1, 0.15) is 5.41 Å². The van der Waals surface area contributed by atoms with Crippen molar-refractivity contribution in [3.63, 3.8) is 0 Å². The average Bonchev–Trinajstić information content (AvgIpc) is 3.25. The number of nitrogens with one attached hydrogen (secondary N) is 1. The number of carbonyl (C=O) groups excluding carboxylic acids is 2. The third-order valence-corrected chi connectivity index (χ3v) is 8.19. The molecule has 0 unspecified atom stereocenters. The highest BCUT2D eigenvalue weighted by atomic mass is 16.2. The van der Waals surface area contributed by atoms with E-state index >= 15 is 0 Å². The van der Waals surface area contributed by atoms with Crippen molar-refractivity contribution >= 4 is 11.8 Å². The number of unbranched alkanes of at least 4 members (excludes halogenated alkanes) is 1. The van der Waals surface area contributed by atoms with E-state index in [2.05, 4.69) is 65.7 Å². The quantitative estimate of drug-likeness (QED) is 0.390. The molecule has 0 spiro atoms. The summed E-state index contributed by atoms with van der Waals surface area (Å²) >= 11 is 0. The molecular weight excluding hydrogens is 470 g/mol. The summed E-state index contributed by atoms with van der Waals surface area (Å²) in [5.41, 5.74) is 5.09. The van der Waals surface area contributed by atoms with Crippen molar-refractivity contribution < 1.29 is 9.59 Å². The van der Waals surface area contributed by atoms with Crippen molar-refractivity contribution in [3.8, 4) is 11.1 Å². The molecule has 1 aliphatic carbocycles. The Kier molecular flexibility index (Phi) is 8.23. The molecule has 1 heterocycles. The molecule has 1 N–H and O–H groups in total. The highest BCUT2D eigenvalue weighted by molar-refractivity contribution is 6.00. The van der Waals surface area contributed by atoms with Gasteiger partial charge in [-0.05, 0) is 53.6 Å². The molecule has 1 aliphatic heterocycles. The first kappa shape index (κ1) is 26.2. The minimum Gasteiger partial charge on any atom is -0.355 e. The summed E-state index contributed by atoms with van der Waals surface area (Å²) in [6.45, 7) is 7.18. The van der Waals surface area contributed by atoms with E-state index in [1.54, 1.807) is 0 Å². The van der Waals surface area contributed by atoms with E-state index in [-0.39, 0.29) is 11.8 Å². The number of benzene rings is 3. The second-order valence-electron chi connectivity index (χ2n) is 10.6. The maximum Gasteiger partial charge on any atom is 0.235 e. The van der Waals surface area contributed by atoms with Gasteiger partial charge in [-0.1, -0.05) is 92.2 Å². The molecule has 38 heavy (non-hydrogen) atoms. The van der Waals surface area contributed by atoms with Gasteiger partial charge in [-0.2, -0.15) is 0 Å². The van der Waals surface area contributed by atoms with Gasteiger partial charge in [-0.15, -0.1) is 0 Å². The number of amides is 2. The Labute approximate surface area is 226 Å². The Balaban J connectivity index is 1.20. The Morgan fingerprint density at radius 1 is 0.789 bits per heavy atom. The Morgan fingerprint density at radius 3 is 2.03 bits per heavy atom. The Morgan fingerprint density at radius 2 is 1.39 bits per heavy atom. The standard InChI is InChI=1S/C33H39N3O2/c1-2-19-34-32(38)33(29-16-8-6-14-27(29)28-15-7-9-17-30(28)33)18-10-11-20-35-21-23-36(24-22-35)31(37)25-26-12-4-3-5-13-26/h3-9,12-17H,2,10-11,18-25H2,1H3,(H,34,38). The van der Waals surface area contributed by atoms with Crippen molar-refractivity contribution in [1.29, 1.82) is 0 Å². The van der Waals surface area contributed by atoms with Crippen LogP contribution in [0.1, 0.15) is 49.3 Å². The molecule has 2 amide bonds. The lowest BCUT2D eigenvalue weighted by Crippen LogP contribution is -2.49. The van der Waals surface area contributed by atoms with Crippen molar-refractivity contribution in [2.24, 2.45) is 0 Å². The predicted octanol–water partition coefficient (Wildman–Crippen LogP) is 5.04. The van der Waals surface area contributed by atoms with Crippen molar-refractivity contribution in [2.45, 2.75) is 44.4 Å². The summed E-state index contributed by atoms with van der Waals surface area (Å²) in [6, 6.07) is 26.9. The second-order valence-corrected chi connectivity index (χ2v) is 10.6. The van der Waals surface area contributed by atoms with Crippen LogP contribution in [0.15, 0.2) is 78.9 Å². The third kappa shape index (κ3) is 5.25. The average molecular weight is 510 g/mol. The predicted molar refractivity (Wildman–Crippen MR) is 153 cm³/mol. The largest absolute Gasteiger partial charge is 0.355 e. The molecule has 0 bridgehead atoms. The molecule has 3 aromatic rings. The van der Waals surface area contributed by atoms with E-state index in [4.69, 9.17) is 0 Å². The van der Waals surface area contributed by atoms with Crippen molar-refractivity contribution in [3.05, 3.63) is 95.6 Å². The van der Waals surface area contributed by atoms with E-state index in [1.807, 2.05) is 35.2 Å². The molecule has 0 saturated carbocycles. The summed E-state index contributed by atoms with van der Waals surface area (Å²) in [4.78, 5) is 31.0. The van der Waals surface area contributed by atoms with E-state index in [0.717, 1.165) is 75.1 Å². The zero-order chi connectivity index (χ0) is 26.4. The smallest absolute Gasteiger partial charge is 0.235 e. The second kappa shape index (κ2) is 12.0. The van der Waals surface area contributed by atoms with E-state index in [9.17, 15) is 9.59 Å². The van der Waals surface area contributed by atoms with Gasteiger partial charge < -0.3 is 10.2 Å². The lowest BCUT2D eigenvalue weighted by molar-refractivity contribution is -0.132. The highest BCUT2D eigenvalue weighted by Crippen LogP contribution is 2.51. The van der Waals surface area contributed by atoms with Gasteiger partial charge in [0, 0.05) is 32.7 Å². The minimum absolute atomic E-state index is 0.127. The fraction of sp³-hybridized carbons (Fsp3) is 0.394. The molecule has 0 aromatic heterocycles. The van der Waals surface area contributed by atoms with Gasteiger partial charge in [0.25, 0.3) is 0 Å². The fourth-order valence-corrected chi connectivity index (χ4v) is 6.17. The first-order valence-electron chi connectivity index (χ1n) is 14.1. The van der Waals surface area contributed by atoms with E-state index in [0.29, 0.717) is 13.0 Å². The molecule has 3 aromatic carbocycles. The topological polar surface area (TPSA) is 52.7 Å². The minimum atomic E-state index is -0.634. The molecule has 0 atom stereocenters. The van der Waals surface area contributed by atoms with Crippen LogP contribution in [0.2, 0.25) is 0 Å². The Bertz CT molecular complexity index is 1200. The van der Waals surface area contributed by atoms with Crippen molar-refractivity contribution in [2.75, 3.05) is 39.3 Å². The number of rotatable bonds is 10. The molecule has 5 nitrogen and oxygen atoms in total. The van der Waals surface area contributed by atoms with Crippen LogP contribution in [-0.2, 0) is 21.4 Å². The molecule has 2 aliphatic rings. The summed E-state index contributed by atoms with van der Waals surface area (Å²) in [6.07, 6.45) is 4.20. The zero-order valence-corrected chi connectivity index (χ0v) is 22.5. The fourth-order valence-electron chi connectivity index (χ4n) is 6.17. The molecule has 0 radical (unpaired) electrons. The number of hydrogen-bond acceptors (Lipinski definition) is 3. The van der Waals surface area contributed by atoms with Crippen LogP contribution < -0.4 is 5.32 Å². The number of fused-ring (bicyclic) bond motifs is 3. The molecule has 5 heteroatoms. The van der Waals surface area contributed by atoms with Crippen LogP contribution in [0.4, 0.5) is 0 Å². The Hall–Kier alpha value is -3.44. The van der Waals surface area contributed by atoms with Gasteiger partial charge in [-0.3, -0.25) is 14.5 Å². The first-order valence-corrected chi connectivity index (χ1v) is 14.1. The number of piperazine rings is 1. The van der Waals surface area contributed by atoms with Crippen LogP contribution in [0.5, 0.6) is 0 Å². The van der Waals surface area contributed by atoms with Gasteiger partial charge in [-0.25, -0.2) is 0 Å². The summed E-state index contributed by atoms with van der Waals surface area (Å²) < 4.78 is 0. The van der Waals surface area contributed by atoms with Crippen LogP contribution in [0.25, 0.3) is 11.1 Å². The van der Waals surface area contributed by atoms with Gasteiger partial charge in [0.2, 0.25) is 11.8 Å². The maximum atomic E-state index is 13.8. The highest BCUT2D eigenvalue weighted by Gasteiger charge is 2.48. The first-order chi connectivity index (χ1) is 18.6. The maximum absolute atomic E-state index is 13.8. The lowest BCUT2D eigenvalue weighted by Gasteiger charge is -2.35. The molecular formula is C33H39N3O2. The normalized spacial score (nSPS) is 16.1. The number of hydrogen-bond donors (Lipinski definition) is 1. The van der Waals surface area contributed by atoms with Crippen LogP contribution >= 0.6 is 0 Å². The zero-order valence-electron chi connectivity index (χ0n) is 22.5. The summed E-state index contributed by atoms with van der Waals surface area (Å²) in [7, 11) is 0. The van der Waals surface area contributed by atoms with Gasteiger partial charge in [0.15, 0.2) is 0 Å². The SMILES string of the molecule is CCCNC(=O)C1(CCCCN2CCN(C(=O)Cc3ccccc3)CC2)c2ccccc2-c2ccccc21. The van der Waals surface area contributed by atoms with Crippen LogP contribution in [-0.4, -0.2) is 60.9 Å². The molecule has 5 rings (SSSR count). The molecule has 1 saturated heterocycles. The summed E-state index contributed by atoms with van der Waals surface area (Å²) in [5.74, 6) is 0.344. The number of nitrogens with zero attached hydrogens (tertiary/aromatic N) is 2. The lowest BCUT2D eigenvalue weighted by atomic mass is 9.73. The van der Waals surface area contributed by atoms with Crippen LogP contribution in [0.3, 0.4) is 0 Å².